The Labute approximate surface area is 179 Å². The number of pyridine rings is 1. The summed E-state index contributed by atoms with van der Waals surface area (Å²) in [5.41, 5.74) is 0.227. The van der Waals surface area contributed by atoms with E-state index in [0.29, 0.717) is 17.9 Å². The van der Waals surface area contributed by atoms with Crippen molar-refractivity contribution >= 4 is 5.78 Å². The minimum Gasteiger partial charge on any atom is -0.497 e. The molecular weight excluding hydrogens is 396 g/mol. The third kappa shape index (κ3) is 4.75. The van der Waals surface area contributed by atoms with Gasteiger partial charge in [-0.15, -0.1) is 0 Å². The molecule has 1 N–H and O–H groups in total. The first kappa shape index (κ1) is 21.7. The van der Waals surface area contributed by atoms with Gasteiger partial charge in [-0.3, -0.25) is 14.2 Å². The Kier molecular flexibility index (Phi) is 6.73. The first-order valence-electron chi connectivity index (χ1n) is 9.66. The van der Waals surface area contributed by atoms with Crippen LogP contribution in [-0.2, 0) is 13.0 Å². The number of aromatic nitrogens is 1. The van der Waals surface area contributed by atoms with E-state index in [1.807, 2.05) is 36.4 Å². The number of benzene rings is 2. The Morgan fingerprint density at radius 2 is 1.74 bits per heavy atom. The number of Topliss-reactive ketones (excluding diaryl/α,β-unsaturated/α-hetero) is 1. The number of hydrogen-bond donors (Lipinski definition) is 1. The van der Waals surface area contributed by atoms with Crippen molar-refractivity contribution in [1.29, 1.82) is 5.26 Å². The number of aryl methyl sites for hydroxylation is 1. The van der Waals surface area contributed by atoms with E-state index in [2.05, 4.69) is 0 Å². The number of carbonyl (C=O) groups excluding carboxylic acids is 1. The smallest absolute Gasteiger partial charge is 0.271 e. The number of nitrogens with zero attached hydrogens (tertiary/aromatic N) is 2. The van der Waals surface area contributed by atoms with Gasteiger partial charge in [0.2, 0.25) is 11.7 Å². The highest BCUT2D eigenvalue weighted by Crippen LogP contribution is 2.24. The van der Waals surface area contributed by atoms with Gasteiger partial charge in [0.05, 0.1) is 12.7 Å². The first-order chi connectivity index (χ1) is 15.0. The van der Waals surface area contributed by atoms with E-state index in [4.69, 9.17) is 9.47 Å². The normalized spacial score (nSPS) is 10.4. The summed E-state index contributed by atoms with van der Waals surface area (Å²) in [6, 6.07) is 18.0. The van der Waals surface area contributed by atoms with Crippen LogP contribution in [0.4, 0.5) is 0 Å². The SMILES string of the molecule is COc1ccc(OCC(=O)c2c(C)c(C#N)c(=O)n(CCc3ccccc3)c2O)cc1. The van der Waals surface area contributed by atoms with Gasteiger partial charge in [-0.05, 0) is 48.7 Å². The number of ketones is 1. The molecule has 3 aromatic rings. The fraction of sp³-hybridized carbons (Fsp3) is 0.208. The second kappa shape index (κ2) is 9.63. The summed E-state index contributed by atoms with van der Waals surface area (Å²) in [6.45, 7) is 1.24. The Balaban J connectivity index is 1.88. The first-order valence-corrected chi connectivity index (χ1v) is 9.66. The lowest BCUT2D eigenvalue weighted by Crippen LogP contribution is -2.28. The van der Waals surface area contributed by atoms with E-state index in [0.717, 1.165) is 10.1 Å². The highest BCUT2D eigenvalue weighted by atomic mass is 16.5. The summed E-state index contributed by atoms with van der Waals surface area (Å²) in [4.78, 5) is 25.6. The second-order valence-corrected chi connectivity index (χ2v) is 6.89. The van der Waals surface area contributed by atoms with Gasteiger partial charge in [0.1, 0.15) is 23.1 Å². The lowest BCUT2D eigenvalue weighted by molar-refractivity contribution is 0.0916. The molecular formula is C24H22N2O5. The quantitative estimate of drug-likeness (QED) is 0.564. The van der Waals surface area contributed by atoms with Gasteiger partial charge in [-0.2, -0.15) is 5.26 Å². The predicted molar refractivity (Wildman–Crippen MR) is 115 cm³/mol. The highest BCUT2D eigenvalue weighted by Gasteiger charge is 2.24. The molecule has 0 aliphatic heterocycles. The lowest BCUT2D eigenvalue weighted by Gasteiger charge is -2.16. The second-order valence-electron chi connectivity index (χ2n) is 6.89. The van der Waals surface area contributed by atoms with Crippen molar-refractivity contribution in [2.45, 2.75) is 19.9 Å². The van der Waals surface area contributed by atoms with Crippen molar-refractivity contribution in [2.24, 2.45) is 0 Å². The van der Waals surface area contributed by atoms with E-state index in [1.54, 1.807) is 31.4 Å². The molecule has 0 unspecified atom stereocenters. The van der Waals surface area contributed by atoms with E-state index in [1.165, 1.54) is 6.92 Å². The van der Waals surface area contributed by atoms with Crippen LogP contribution in [-0.4, -0.2) is 29.2 Å². The molecule has 2 aromatic carbocycles. The van der Waals surface area contributed by atoms with Crippen molar-refractivity contribution < 1.29 is 19.4 Å². The zero-order valence-corrected chi connectivity index (χ0v) is 17.3. The highest BCUT2D eigenvalue weighted by molar-refractivity contribution is 6.01. The maximum Gasteiger partial charge on any atom is 0.271 e. The zero-order valence-electron chi connectivity index (χ0n) is 17.3. The lowest BCUT2D eigenvalue weighted by atomic mass is 10.0. The van der Waals surface area contributed by atoms with Crippen LogP contribution in [0.3, 0.4) is 0 Å². The van der Waals surface area contributed by atoms with Crippen molar-refractivity contribution in [3.05, 3.63) is 87.2 Å². The molecule has 0 radical (unpaired) electrons. The molecule has 3 rings (SSSR count). The maximum absolute atomic E-state index is 12.9. The minimum absolute atomic E-state index is 0.0854. The molecule has 31 heavy (non-hydrogen) atoms. The van der Waals surface area contributed by atoms with Crippen LogP contribution in [0.25, 0.3) is 0 Å². The molecule has 0 saturated heterocycles. The van der Waals surface area contributed by atoms with Crippen LogP contribution in [0.5, 0.6) is 17.4 Å². The van der Waals surface area contributed by atoms with Crippen LogP contribution >= 0.6 is 0 Å². The molecule has 158 valence electrons. The molecule has 0 aliphatic rings. The third-order valence-corrected chi connectivity index (χ3v) is 4.98. The molecule has 0 fully saturated rings. The molecule has 0 bridgehead atoms. The largest absolute Gasteiger partial charge is 0.497 e. The number of carbonyl (C=O) groups is 1. The molecule has 1 heterocycles. The van der Waals surface area contributed by atoms with Gasteiger partial charge >= 0.3 is 0 Å². The summed E-state index contributed by atoms with van der Waals surface area (Å²) in [5, 5.41) is 20.2. The average Bonchev–Trinajstić information content (AvgIpc) is 2.79. The Hall–Kier alpha value is -4.05. The van der Waals surface area contributed by atoms with Crippen molar-refractivity contribution in [3.63, 3.8) is 0 Å². The van der Waals surface area contributed by atoms with Gasteiger partial charge in [-0.25, -0.2) is 0 Å². The molecule has 0 aliphatic carbocycles. The van der Waals surface area contributed by atoms with E-state index < -0.39 is 17.2 Å². The summed E-state index contributed by atoms with van der Waals surface area (Å²) < 4.78 is 11.7. The fourth-order valence-corrected chi connectivity index (χ4v) is 3.27. The molecule has 0 saturated carbocycles. The van der Waals surface area contributed by atoms with Gasteiger partial charge in [0.25, 0.3) is 5.56 Å². The monoisotopic (exact) mass is 418 g/mol. The summed E-state index contributed by atoms with van der Waals surface area (Å²) in [7, 11) is 1.55. The Morgan fingerprint density at radius 3 is 2.35 bits per heavy atom. The maximum atomic E-state index is 12.9. The topological polar surface area (TPSA) is 102 Å². The zero-order chi connectivity index (χ0) is 22.4. The number of methoxy groups -OCH3 is 1. The molecule has 7 nitrogen and oxygen atoms in total. The molecule has 7 heteroatoms. The standard InChI is InChI=1S/C24H22N2O5/c1-16-20(14-25)23(28)26(13-12-17-6-4-3-5-7-17)24(29)22(16)21(27)15-31-19-10-8-18(30-2)9-11-19/h3-11,29H,12-13,15H2,1-2H3. The molecule has 0 atom stereocenters. The Bertz CT molecular complexity index is 1180. The average molecular weight is 418 g/mol. The summed E-state index contributed by atoms with van der Waals surface area (Å²) in [5.74, 6) is 0.108. The Morgan fingerprint density at radius 1 is 1.10 bits per heavy atom. The van der Waals surface area contributed by atoms with Gasteiger partial charge < -0.3 is 14.6 Å². The molecule has 0 amide bonds. The number of ether oxygens (including phenoxy) is 2. The minimum atomic E-state index is -0.624. The van der Waals surface area contributed by atoms with Crippen LogP contribution in [0.2, 0.25) is 0 Å². The van der Waals surface area contributed by atoms with Gasteiger partial charge in [0.15, 0.2) is 6.61 Å². The number of hydrogen-bond acceptors (Lipinski definition) is 6. The van der Waals surface area contributed by atoms with E-state index in [-0.39, 0.29) is 29.8 Å². The van der Waals surface area contributed by atoms with Crippen LogP contribution in [0.15, 0.2) is 59.4 Å². The van der Waals surface area contributed by atoms with E-state index in [9.17, 15) is 20.0 Å². The van der Waals surface area contributed by atoms with Crippen molar-refractivity contribution in [1.82, 2.24) is 4.57 Å². The number of rotatable bonds is 8. The fourth-order valence-electron chi connectivity index (χ4n) is 3.27. The van der Waals surface area contributed by atoms with Crippen LogP contribution in [0.1, 0.15) is 27.0 Å². The number of nitriles is 1. The summed E-state index contributed by atoms with van der Waals surface area (Å²) in [6.07, 6.45) is 0.457. The van der Waals surface area contributed by atoms with Crippen LogP contribution in [0, 0.1) is 18.3 Å². The van der Waals surface area contributed by atoms with Crippen molar-refractivity contribution in [3.8, 4) is 23.4 Å². The third-order valence-electron chi connectivity index (χ3n) is 4.98. The van der Waals surface area contributed by atoms with Crippen molar-refractivity contribution in [2.75, 3.05) is 13.7 Å². The molecule has 0 spiro atoms. The molecule has 1 aromatic heterocycles. The van der Waals surface area contributed by atoms with Gasteiger partial charge in [0, 0.05) is 6.54 Å². The number of aromatic hydroxyl groups is 1. The van der Waals surface area contributed by atoms with Crippen LogP contribution < -0.4 is 15.0 Å². The summed E-state index contributed by atoms with van der Waals surface area (Å²) >= 11 is 0. The predicted octanol–water partition coefficient (Wildman–Crippen LogP) is 3.25. The van der Waals surface area contributed by atoms with E-state index >= 15 is 0 Å². The van der Waals surface area contributed by atoms with Gasteiger partial charge in [-0.1, -0.05) is 30.3 Å².